The Morgan fingerprint density at radius 3 is 1.54 bits per heavy atom. The lowest BCUT2D eigenvalue weighted by Crippen LogP contribution is -2.04. The van der Waals surface area contributed by atoms with Gasteiger partial charge in [-0.1, -0.05) is 94.2 Å². The average molecular weight is 345 g/mol. The van der Waals surface area contributed by atoms with E-state index in [-0.39, 0.29) is 17.1 Å². The van der Waals surface area contributed by atoms with Crippen LogP contribution < -0.4 is 0 Å². The lowest BCUT2D eigenvalue weighted by Gasteiger charge is -2.16. The van der Waals surface area contributed by atoms with Crippen molar-refractivity contribution in [1.82, 2.24) is 0 Å². The van der Waals surface area contributed by atoms with Crippen LogP contribution in [0.4, 0.5) is 8.78 Å². The van der Waals surface area contributed by atoms with Crippen LogP contribution >= 0.6 is 0 Å². The van der Waals surface area contributed by atoms with Gasteiger partial charge in [-0.2, -0.15) is 0 Å². The fourth-order valence-corrected chi connectivity index (χ4v) is 1.58. The molecule has 0 fully saturated rings. The molecule has 0 N–H and O–H groups in total. The highest BCUT2D eigenvalue weighted by molar-refractivity contribution is 5.35. The predicted octanol–water partition coefficient (Wildman–Crippen LogP) is 8.95. The molecule has 0 saturated heterocycles. The third kappa shape index (κ3) is 14.7. The van der Waals surface area contributed by atoms with Gasteiger partial charge in [0.15, 0.2) is 11.7 Å². The summed E-state index contributed by atoms with van der Waals surface area (Å²) in [5, 5.41) is 0. The van der Waals surface area contributed by atoms with Crippen LogP contribution in [0.2, 0.25) is 0 Å². The van der Waals surface area contributed by atoms with Crippen molar-refractivity contribution in [2.45, 2.75) is 93.9 Å². The first-order valence-electron chi connectivity index (χ1n) is 9.60. The second-order valence-electron chi connectivity index (χ2n) is 6.52. The third-order valence-electron chi connectivity index (χ3n) is 3.60. The van der Waals surface area contributed by atoms with Gasteiger partial charge in [-0.25, -0.2) is 8.78 Å². The van der Waals surface area contributed by atoms with Gasteiger partial charge in [-0.3, -0.25) is 0 Å². The Balaban J connectivity index is -0.000000635. The molecule has 2 heteroatoms. The molecule has 2 atom stereocenters. The molecule has 0 rings (SSSR count). The number of halogens is 2. The van der Waals surface area contributed by atoms with Gasteiger partial charge < -0.3 is 0 Å². The maximum absolute atomic E-state index is 13.8. The summed E-state index contributed by atoms with van der Waals surface area (Å²) < 4.78 is 27.4. The fraction of sp³-hybridized carbons (Fsp3) is 0.727. The largest absolute Gasteiger partial charge is 0.203 e. The Bertz CT molecular complexity index is 351. The Morgan fingerprint density at radius 1 is 0.792 bits per heavy atom. The van der Waals surface area contributed by atoms with Crippen molar-refractivity contribution in [2.75, 3.05) is 0 Å². The molecule has 0 saturated carbocycles. The first kappa shape index (κ1) is 27.9. The molecule has 0 amide bonds. The van der Waals surface area contributed by atoms with E-state index in [0.29, 0.717) is 12.3 Å². The molecule has 0 aliphatic rings. The van der Waals surface area contributed by atoms with E-state index in [9.17, 15) is 8.78 Å². The quantitative estimate of drug-likeness (QED) is 0.385. The van der Waals surface area contributed by atoms with E-state index in [2.05, 4.69) is 54.7 Å². The van der Waals surface area contributed by atoms with Crippen LogP contribution in [0.15, 0.2) is 36.0 Å². The SMILES string of the molecule is C=C(CC)/C(F)=C(/F)C(=C)C(C)CCC(C)CC.CCC.CCC. The van der Waals surface area contributed by atoms with Crippen molar-refractivity contribution in [1.29, 1.82) is 0 Å². The van der Waals surface area contributed by atoms with E-state index in [1.54, 1.807) is 6.92 Å². The molecule has 0 radical (unpaired) electrons. The lowest BCUT2D eigenvalue weighted by atomic mass is 9.91. The van der Waals surface area contributed by atoms with Crippen molar-refractivity contribution in [3.63, 3.8) is 0 Å². The standard InChI is InChI=1S/C16H26F2.2C3H8/c1-7-11(3)9-10-13(5)14(6)16(18)15(17)12(4)8-2;2*1-3-2/h11,13H,4,6-10H2,1-3,5H3;2*3H2,1-2H3/b16-15-;;. The number of allylic oxidation sites excluding steroid dienone is 4. The van der Waals surface area contributed by atoms with Crippen molar-refractivity contribution in [3.8, 4) is 0 Å². The summed E-state index contributed by atoms with van der Waals surface area (Å²) in [4.78, 5) is 0. The molecule has 0 aliphatic carbocycles. The van der Waals surface area contributed by atoms with Gasteiger partial charge in [0.25, 0.3) is 0 Å². The van der Waals surface area contributed by atoms with E-state index in [0.717, 1.165) is 19.3 Å². The summed E-state index contributed by atoms with van der Waals surface area (Å²) >= 11 is 0. The number of hydrogen-bond donors (Lipinski definition) is 0. The first-order chi connectivity index (χ1) is 11.2. The maximum atomic E-state index is 13.8. The Hall–Kier alpha value is -0.920. The number of rotatable bonds is 8. The molecule has 0 aliphatic heterocycles. The van der Waals surface area contributed by atoms with Crippen molar-refractivity contribution in [2.24, 2.45) is 11.8 Å². The van der Waals surface area contributed by atoms with Crippen LogP contribution in [0, 0.1) is 11.8 Å². The summed E-state index contributed by atoms with van der Waals surface area (Å²) in [5.41, 5.74) is 0.452. The molecule has 0 aromatic carbocycles. The van der Waals surface area contributed by atoms with Gasteiger partial charge >= 0.3 is 0 Å². The predicted molar refractivity (Wildman–Crippen MR) is 108 cm³/mol. The monoisotopic (exact) mass is 344 g/mol. The zero-order valence-electron chi connectivity index (χ0n) is 17.6. The smallest absolute Gasteiger partial charge is 0.161 e. The Morgan fingerprint density at radius 2 is 1.21 bits per heavy atom. The summed E-state index contributed by atoms with van der Waals surface area (Å²) in [6, 6.07) is 0. The van der Waals surface area contributed by atoms with Crippen molar-refractivity contribution >= 4 is 0 Å². The normalized spacial score (nSPS) is 13.4. The summed E-state index contributed by atoms with van der Waals surface area (Å²) in [5.74, 6) is -1.08. The van der Waals surface area contributed by atoms with E-state index < -0.39 is 11.7 Å². The second kappa shape index (κ2) is 18.4. The van der Waals surface area contributed by atoms with Gasteiger partial charge in [-0.15, -0.1) is 0 Å². The van der Waals surface area contributed by atoms with Gasteiger partial charge in [-0.05, 0) is 35.8 Å². The van der Waals surface area contributed by atoms with Crippen LogP contribution in [-0.4, -0.2) is 0 Å². The molecule has 0 heterocycles. The zero-order chi connectivity index (χ0) is 19.7. The molecular weight excluding hydrogens is 302 g/mol. The van der Waals surface area contributed by atoms with Crippen molar-refractivity contribution in [3.05, 3.63) is 36.0 Å². The molecule has 144 valence electrons. The molecular formula is C22H42F2. The van der Waals surface area contributed by atoms with Crippen LogP contribution in [0.5, 0.6) is 0 Å². The van der Waals surface area contributed by atoms with Gasteiger partial charge in [0, 0.05) is 0 Å². The summed E-state index contributed by atoms with van der Waals surface area (Å²) in [6.07, 6.45) is 5.87. The molecule has 0 aromatic heterocycles. The molecule has 2 unspecified atom stereocenters. The Labute approximate surface area is 151 Å². The molecule has 0 nitrogen and oxygen atoms in total. The van der Waals surface area contributed by atoms with E-state index in [1.807, 2.05) is 6.92 Å². The van der Waals surface area contributed by atoms with Crippen LogP contribution in [0.3, 0.4) is 0 Å². The summed E-state index contributed by atoms with van der Waals surface area (Å²) in [7, 11) is 0. The number of hydrogen-bond acceptors (Lipinski definition) is 0. The van der Waals surface area contributed by atoms with Gasteiger partial charge in [0.2, 0.25) is 0 Å². The van der Waals surface area contributed by atoms with Crippen LogP contribution in [0.25, 0.3) is 0 Å². The van der Waals surface area contributed by atoms with Gasteiger partial charge in [0.05, 0.1) is 0 Å². The van der Waals surface area contributed by atoms with Crippen LogP contribution in [0.1, 0.15) is 93.9 Å². The van der Waals surface area contributed by atoms with E-state index in [1.165, 1.54) is 12.8 Å². The minimum atomic E-state index is -0.835. The molecule has 24 heavy (non-hydrogen) atoms. The third-order valence-corrected chi connectivity index (χ3v) is 3.60. The highest BCUT2D eigenvalue weighted by Crippen LogP contribution is 2.30. The highest BCUT2D eigenvalue weighted by Gasteiger charge is 2.17. The first-order valence-corrected chi connectivity index (χ1v) is 9.60. The van der Waals surface area contributed by atoms with Crippen LogP contribution in [-0.2, 0) is 0 Å². The van der Waals surface area contributed by atoms with Gasteiger partial charge in [0.1, 0.15) is 0 Å². The topological polar surface area (TPSA) is 0 Å². The average Bonchev–Trinajstić information content (AvgIpc) is 2.57. The minimum Gasteiger partial charge on any atom is -0.203 e. The minimum absolute atomic E-state index is 0.0330. The van der Waals surface area contributed by atoms with Crippen molar-refractivity contribution < 1.29 is 8.78 Å². The van der Waals surface area contributed by atoms with E-state index >= 15 is 0 Å². The Kier molecular flexibility index (Phi) is 21.4. The molecule has 0 bridgehead atoms. The molecule has 0 aromatic rings. The highest BCUT2D eigenvalue weighted by atomic mass is 19.2. The maximum Gasteiger partial charge on any atom is 0.161 e. The van der Waals surface area contributed by atoms with E-state index in [4.69, 9.17) is 0 Å². The fourth-order valence-electron chi connectivity index (χ4n) is 1.58. The molecule has 0 spiro atoms. The summed E-state index contributed by atoms with van der Waals surface area (Å²) in [6.45, 7) is 23.6. The second-order valence-corrected chi connectivity index (χ2v) is 6.52. The zero-order valence-corrected chi connectivity index (χ0v) is 17.6. The lowest BCUT2D eigenvalue weighted by molar-refractivity contribution is 0.440.